The summed E-state index contributed by atoms with van der Waals surface area (Å²) in [4.78, 5) is 1.06. The van der Waals surface area contributed by atoms with Gasteiger partial charge in [0, 0.05) is 4.90 Å². The summed E-state index contributed by atoms with van der Waals surface area (Å²) < 4.78 is 0. The van der Waals surface area contributed by atoms with E-state index >= 15 is 0 Å². The molecule has 0 spiro atoms. The molecule has 0 bridgehead atoms. The SMILES string of the molecule is CCCCCCCCc1ccc(S)cc1.[Ba+2].[H-].[H-]. The largest absolute Gasteiger partial charge is 2.00 e. The van der Waals surface area contributed by atoms with Crippen LogP contribution in [0.3, 0.4) is 0 Å². The number of benzene rings is 1. The molecular formula is C14H24BaS. The molecule has 0 radical (unpaired) electrons. The van der Waals surface area contributed by atoms with Crippen LogP contribution in [0.4, 0.5) is 0 Å². The third-order valence-electron chi connectivity index (χ3n) is 2.76. The van der Waals surface area contributed by atoms with Crippen molar-refractivity contribution in [2.24, 2.45) is 0 Å². The van der Waals surface area contributed by atoms with Crippen molar-refractivity contribution < 1.29 is 2.85 Å². The minimum Gasteiger partial charge on any atom is -1.00 e. The Balaban J connectivity index is -0.000000750. The second kappa shape index (κ2) is 11.2. The zero-order chi connectivity index (χ0) is 10.9. The molecule has 0 aliphatic carbocycles. The van der Waals surface area contributed by atoms with Crippen molar-refractivity contribution >= 4 is 61.5 Å². The molecule has 0 heterocycles. The van der Waals surface area contributed by atoms with Gasteiger partial charge in [0.25, 0.3) is 0 Å². The fourth-order valence-corrected chi connectivity index (χ4v) is 1.92. The van der Waals surface area contributed by atoms with Gasteiger partial charge in [0.15, 0.2) is 0 Å². The van der Waals surface area contributed by atoms with Gasteiger partial charge in [-0.1, -0.05) is 51.2 Å². The normalized spacial score (nSPS) is 9.88. The van der Waals surface area contributed by atoms with Crippen LogP contribution in [0, 0.1) is 0 Å². The Morgan fingerprint density at radius 3 is 2.12 bits per heavy atom. The summed E-state index contributed by atoms with van der Waals surface area (Å²) in [6.45, 7) is 2.26. The zero-order valence-corrected chi connectivity index (χ0v) is 15.7. The molecule has 2 heteroatoms. The Morgan fingerprint density at radius 2 is 1.50 bits per heavy atom. The molecule has 1 aromatic carbocycles. The molecule has 0 aliphatic heterocycles. The van der Waals surface area contributed by atoms with Crippen molar-refractivity contribution in [1.82, 2.24) is 0 Å². The number of hydrogen-bond acceptors (Lipinski definition) is 1. The van der Waals surface area contributed by atoms with E-state index in [1.54, 1.807) is 0 Å². The first-order valence-electron chi connectivity index (χ1n) is 6.11. The van der Waals surface area contributed by atoms with Crippen molar-refractivity contribution in [1.29, 1.82) is 0 Å². The molecule has 0 aromatic heterocycles. The average molecular weight is 362 g/mol. The van der Waals surface area contributed by atoms with E-state index in [4.69, 9.17) is 0 Å². The molecular weight excluding hydrogens is 338 g/mol. The van der Waals surface area contributed by atoms with E-state index in [2.05, 4.69) is 43.8 Å². The molecule has 0 atom stereocenters. The predicted octanol–water partition coefficient (Wildman–Crippen LogP) is 4.72. The van der Waals surface area contributed by atoms with Gasteiger partial charge in [-0.15, -0.1) is 12.6 Å². The van der Waals surface area contributed by atoms with Crippen LogP contribution in [-0.2, 0) is 6.42 Å². The molecule has 88 valence electrons. The molecule has 0 unspecified atom stereocenters. The van der Waals surface area contributed by atoms with E-state index in [1.807, 2.05) is 0 Å². The molecule has 0 amide bonds. The maximum Gasteiger partial charge on any atom is 2.00 e. The number of unbranched alkanes of at least 4 members (excludes halogenated alkanes) is 5. The third kappa shape index (κ3) is 8.26. The van der Waals surface area contributed by atoms with Gasteiger partial charge in [-0.2, -0.15) is 0 Å². The van der Waals surface area contributed by atoms with Crippen molar-refractivity contribution in [3.05, 3.63) is 29.8 Å². The van der Waals surface area contributed by atoms with Crippen molar-refractivity contribution in [2.45, 2.75) is 56.8 Å². The van der Waals surface area contributed by atoms with Crippen LogP contribution < -0.4 is 0 Å². The first-order valence-corrected chi connectivity index (χ1v) is 6.55. The molecule has 1 rings (SSSR count). The van der Waals surface area contributed by atoms with Crippen LogP contribution in [0.15, 0.2) is 29.2 Å². The molecule has 0 aliphatic rings. The molecule has 0 N–H and O–H groups in total. The van der Waals surface area contributed by atoms with Crippen molar-refractivity contribution in [3.8, 4) is 0 Å². The molecule has 1 aromatic rings. The van der Waals surface area contributed by atoms with E-state index in [0.717, 1.165) is 4.90 Å². The van der Waals surface area contributed by atoms with Crippen LogP contribution in [0.2, 0.25) is 0 Å². The van der Waals surface area contributed by atoms with Gasteiger partial charge in [-0.25, -0.2) is 0 Å². The summed E-state index contributed by atoms with van der Waals surface area (Å²) in [5.41, 5.74) is 1.45. The zero-order valence-electron chi connectivity index (χ0n) is 12.4. The molecule has 0 saturated carbocycles. The molecule has 0 saturated heterocycles. The predicted molar refractivity (Wildman–Crippen MR) is 78.8 cm³/mol. The Kier molecular flexibility index (Phi) is 12.0. The van der Waals surface area contributed by atoms with Crippen LogP contribution in [0.5, 0.6) is 0 Å². The molecule has 16 heavy (non-hydrogen) atoms. The number of thiol groups is 1. The second-order valence-electron chi connectivity index (χ2n) is 4.18. The summed E-state index contributed by atoms with van der Waals surface area (Å²) in [6.07, 6.45) is 9.47. The van der Waals surface area contributed by atoms with E-state index in [1.165, 1.54) is 50.5 Å². The summed E-state index contributed by atoms with van der Waals surface area (Å²) in [7, 11) is 0. The monoisotopic (exact) mass is 362 g/mol. The minimum atomic E-state index is 0. The van der Waals surface area contributed by atoms with Crippen molar-refractivity contribution in [3.63, 3.8) is 0 Å². The van der Waals surface area contributed by atoms with Crippen LogP contribution in [0.1, 0.15) is 53.9 Å². The summed E-state index contributed by atoms with van der Waals surface area (Å²) >= 11 is 4.28. The first-order chi connectivity index (χ1) is 7.33. The maximum atomic E-state index is 4.28. The van der Waals surface area contributed by atoms with Crippen LogP contribution in [-0.4, -0.2) is 48.9 Å². The minimum absolute atomic E-state index is 0. The average Bonchev–Trinajstić information content (AvgIpc) is 2.26. The van der Waals surface area contributed by atoms with E-state index in [9.17, 15) is 0 Å². The van der Waals surface area contributed by atoms with E-state index in [-0.39, 0.29) is 51.7 Å². The summed E-state index contributed by atoms with van der Waals surface area (Å²) in [6, 6.07) is 8.54. The summed E-state index contributed by atoms with van der Waals surface area (Å²) in [5, 5.41) is 0. The number of aryl methyl sites for hydroxylation is 1. The van der Waals surface area contributed by atoms with E-state index < -0.39 is 0 Å². The van der Waals surface area contributed by atoms with Gasteiger partial charge in [-0.3, -0.25) is 0 Å². The first kappa shape index (κ1) is 17.1. The Hall–Kier alpha value is 1.14. The van der Waals surface area contributed by atoms with E-state index in [0.29, 0.717) is 0 Å². The van der Waals surface area contributed by atoms with Gasteiger partial charge in [0.1, 0.15) is 0 Å². The smallest absolute Gasteiger partial charge is 1.00 e. The maximum absolute atomic E-state index is 4.28. The fraction of sp³-hybridized carbons (Fsp3) is 0.571. The van der Waals surface area contributed by atoms with Gasteiger partial charge in [-0.05, 0) is 30.5 Å². The van der Waals surface area contributed by atoms with Crippen molar-refractivity contribution in [2.75, 3.05) is 0 Å². The topological polar surface area (TPSA) is 0 Å². The van der Waals surface area contributed by atoms with Gasteiger partial charge in [0.2, 0.25) is 0 Å². The Bertz CT molecular complexity index is 265. The van der Waals surface area contributed by atoms with Crippen LogP contribution in [0.25, 0.3) is 0 Å². The number of rotatable bonds is 7. The fourth-order valence-electron chi connectivity index (χ4n) is 1.77. The van der Waals surface area contributed by atoms with Gasteiger partial charge >= 0.3 is 48.9 Å². The standard InChI is InChI=1S/C14H22S.Ba.2H/c1-2-3-4-5-6-7-8-13-9-11-14(15)12-10-13;;;/h9-12,15H,2-8H2,1H3;;;/q;+2;2*-1. The third-order valence-corrected chi connectivity index (χ3v) is 3.05. The van der Waals surface area contributed by atoms with Gasteiger partial charge in [0.05, 0.1) is 0 Å². The molecule has 0 fully saturated rings. The Morgan fingerprint density at radius 1 is 0.938 bits per heavy atom. The second-order valence-corrected chi connectivity index (χ2v) is 4.70. The summed E-state index contributed by atoms with van der Waals surface area (Å²) in [5.74, 6) is 0. The number of hydrogen-bond donors (Lipinski definition) is 1. The van der Waals surface area contributed by atoms with Gasteiger partial charge < -0.3 is 2.85 Å². The van der Waals surface area contributed by atoms with Crippen LogP contribution >= 0.6 is 12.6 Å². The Labute approximate surface area is 149 Å². The molecule has 0 nitrogen and oxygen atoms in total. The quantitative estimate of drug-likeness (QED) is 0.405.